The number of methoxy groups -OCH3 is 1. The highest BCUT2D eigenvalue weighted by molar-refractivity contribution is 5.99. The molecule has 2 aromatic rings. The first-order valence-corrected chi connectivity index (χ1v) is 9.84. The van der Waals surface area contributed by atoms with Crippen LogP contribution in [0.5, 0.6) is 0 Å². The number of carbonyl (C=O) groups is 2. The van der Waals surface area contributed by atoms with E-state index in [1.165, 1.54) is 29.2 Å². The zero-order valence-electron chi connectivity index (χ0n) is 17.3. The van der Waals surface area contributed by atoms with Crippen LogP contribution in [0.4, 0.5) is 5.69 Å². The van der Waals surface area contributed by atoms with Gasteiger partial charge in [-0.2, -0.15) is 0 Å². The standard InChI is InChI=1S/C22H28N4O3/c1-16-5-4-6-20(17(16)2)25-8-10-26(11-9-25)22(28)19-13-18(14-23-15-19)21(27)24-7-12-29-3/h4-6,13-15H,7-12H2,1-3H3,(H,24,27). The van der Waals surface area contributed by atoms with Gasteiger partial charge in [-0.1, -0.05) is 12.1 Å². The number of aromatic nitrogens is 1. The fourth-order valence-electron chi connectivity index (χ4n) is 3.46. The molecule has 7 nitrogen and oxygen atoms in total. The van der Waals surface area contributed by atoms with E-state index >= 15 is 0 Å². The van der Waals surface area contributed by atoms with Crippen LogP contribution in [-0.2, 0) is 4.74 Å². The highest BCUT2D eigenvalue weighted by Gasteiger charge is 2.24. The highest BCUT2D eigenvalue weighted by atomic mass is 16.5. The van der Waals surface area contributed by atoms with E-state index in [0.29, 0.717) is 37.4 Å². The molecule has 1 saturated heterocycles. The normalized spacial score (nSPS) is 14.0. The Bertz CT molecular complexity index is 876. The van der Waals surface area contributed by atoms with Gasteiger partial charge in [-0.3, -0.25) is 14.6 Å². The first-order valence-electron chi connectivity index (χ1n) is 9.84. The van der Waals surface area contributed by atoms with Gasteiger partial charge in [0.15, 0.2) is 0 Å². The van der Waals surface area contributed by atoms with Crippen molar-refractivity contribution in [3.63, 3.8) is 0 Å². The molecule has 1 aromatic heterocycles. The van der Waals surface area contributed by atoms with Gasteiger partial charge < -0.3 is 19.9 Å². The average Bonchev–Trinajstić information content (AvgIpc) is 2.75. The Balaban J connectivity index is 1.63. The van der Waals surface area contributed by atoms with E-state index in [2.05, 4.69) is 47.2 Å². The summed E-state index contributed by atoms with van der Waals surface area (Å²) in [4.78, 5) is 33.3. The van der Waals surface area contributed by atoms with Crippen molar-refractivity contribution >= 4 is 17.5 Å². The van der Waals surface area contributed by atoms with Crippen LogP contribution in [0.3, 0.4) is 0 Å². The number of anilines is 1. The molecule has 1 aliphatic rings. The molecule has 0 unspecified atom stereocenters. The van der Waals surface area contributed by atoms with Crippen LogP contribution in [0.15, 0.2) is 36.7 Å². The molecule has 0 spiro atoms. The van der Waals surface area contributed by atoms with Crippen molar-refractivity contribution in [1.29, 1.82) is 0 Å². The Kier molecular flexibility index (Phi) is 6.82. The summed E-state index contributed by atoms with van der Waals surface area (Å²) >= 11 is 0. The Hall–Kier alpha value is -2.93. The third kappa shape index (κ3) is 4.92. The van der Waals surface area contributed by atoms with Crippen molar-refractivity contribution in [1.82, 2.24) is 15.2 Å². The van der Waals surface area contributed by atoms with Crippen LogP contribution < -0.4 is 10.2 Å². The lowest BCUT2D eigenvalue weighted by Crippen LogP contribution is -2.49. The van der Waals surface area contributed by atoms with Crippen molar-refractivity contribution in [3.05, 3.63) is 58.9 Å². The minimum atomic E-state index is -0.260. The Labute approximate surface area is 171 Å². The van der Waals surface area contributed by atoms with Crippen molar-refractivity contribution in [2.45, 2.75) is 13.8 Å². The molecule has 3 rings (SSSR count). The second-order valence-electron chi connectivity index (χ2n) is 7.21. The smallest absolute Gasteiger partial charge is 0.255 e. The van der Waals surface area contributed by atoms with Crippen molar-refractivity contribution in [3.8, 4) is 0 Å². The van der Waals surface area contributed by atoms with Crippen LogP contribution in [0.2, 0.25) is 0 Å². The summed E-state index contributed by atoms with van der Waals surface area (Å²) in [7, 11) is 1.58. The first-order chi connectivity index (χ1) is 14.0. The van der Waals surface area contributed by atoms with E-state index in [4.69, 9.17) is 4.74 Å². The molecule has 1 aliphatic heterocycles. The number of hydrogen-bond acceptors (Lipinski definition) is 5. The molecular formula is C22H28N4O3. The summed E-state index contributed by atoms with van der Waals surface area (Å²) in [5.74, 6) is -0.353. The fraction of sp³-hybridized carbons (Fsp3) is 0.409. The van der Waals surface area contributed by atoms with E-state index in [1.54, 1.807) is 13.2 Å². The van der Waals surface area contributed by atoms with Gasteiger partial charge in [0.2, 0.25) is 0 Å². The van der Waals surface area contributed by atoms with Gasteiger partial charge in [-0.25, -0.2) is 0 Å². The third-order valence-corrected chi connectivity index (χ3v) is 5.32. The molecule has 1 fully saturated rings. The summed E-state index contributed by atoms with van der Waals surface area (Å²) in [6.07, 6.45) is 2.99. The largest absolute Gasteiger partial charge is 0.383 e. The molecule has 0 atom stereocenters. The lowest BCUT2D eigenvalue weighted by atomic mass is 10.1. The molecule has 2 amide bonds. The molecule has 154 valence electrons. The Morgan fingerprint density at radius 2 is 1.83 bits per heavy atom. The number of aryl methyl sites for hydroxylation is 1. The number of nitrogens with zero attached hydrogens (tertiary/aromatic N) is 3. The van der Waals surface area contributed by atoms with Crippen LogP contribution in [0, 0.1) is 13.8 Å². The Morgan fingerprint density at radius 3 is 2.55 bits per heavy atom. The third-order valence-electron chi connectivity index (χ3n) is 5.32. The minimum absolute atomic E-state index is 0.0929. The second-order valence-corrected chi connectivity index (χ2v) is 7.21. The molecule has 7 heteroatoms. The number of nitrogens with one attached hydrogen (secondary N) is 1. The van der Waals surface area contributed by atoms with Gasteiger partial charge in [0.1, 0.15) is 0 Å². The SMILES string of the molecule is COCCNC(=O)c1cncc(C(=O)N2CCN(c3cccc(C)c3C)CC2)c1. The maximum Gasteiger partial charge on any atom is 0.255 e. The minimum Gasteiger partial charge on any atom is -0.383 e. The summed E-state index contributed by atoms with van der Waals surface area (Å²) in [6, 6.07) is 7.93. The van der Waals surface area contributed by atoms with Gasteiger partial charge in [-0.05, 0) is 37.1 Å². The van der Waals surface area contributed by atoms with Gasteiger partial charge in [0, 0.05) is 57.9 Å². The zero-order chi connectivity index (χ0) is 20.8. The van der Waals surface area contributed by atoms with Crippen LogP contribution in [-0.4, -0.2) is 68.1 Å². The molecule has 0 bridgehead atoms. The highest BCUT2D eigenvalue weighted by Crippen LogP contribution is 2.24. The summed E-state index contributed by atoms with van der Waals surface area (Å²) in [5.41, 5.74) is 4.59. The van der Waals surface area contributed by atoms with E-state index < -0.39 is 0 Å². The van der Waals surface area contributed by atoms with Gasteiger partial charge >= 0.3 is 0 Å². The maximum absolute atomic E-state index is 12.9. The molecule has 1 aromatic carbocycles. The fourth-order valence-corrected chi connectivity index (χ4v) is 3.46. The molecule has 0 radical (unpaired) electrons. The first kappa shape index (κ1) is 20.8. The maximum atomic E-state index is 12.9. The van der Waals surface area contributed by atoms with Crippen LogP contribution in [0.1, 0.15) is 31.8 Å². The molecular weight excluding hydrogens is 368 g/mol. The number of ether oxygens (including phenoxy) is 1. The molecule has 0 saturated carbocycles. The van der Waals surface area contributed by atoms with Crippen molar-refractivity contribution in [2.75, 3.05) is 51.3 Å². The van der Waals surface area contributed by atoms with E-state index in [-0.39, 0.29) is 11.8 Å². The van der Waals surface area contributed by atoms with Gasteiger partial charge in [0.05, 0.1) is 17.7 Å². The molecule has 0 aliphatic carbocycles. The van der Waals surface area contributed by atoms with Gasteiger partial charge in [0.25, 0.3) is 11.8 Å². The van der Waals surface area contributed by atoms with E-state index in [1.807, 2.05) is 4.90 Å². The number of pyridine rings is 1. The monoisotopic (exact) mass is 396 g/mol. The lowest BCUT2D eigenvalue weighted by molar-refractivity contribution is 0.0746. The molecule has 29 heavy (non-hydrogen) atoms. The lowest BCUT2D eigenvalue weighted by Gasteiger charge is -2.37. The van der Waals surface area contributed by atoms with E-state index in [9.17, 15) is 9.59 Å². The number of piperazine rings is 1. The van der Waals surface area contributed by atoms with Crippen molar-refractivity contribution in [2.24, 2.45) is 0 Å². The van der Waals surface area contributed by atoms with Crippen LogP contribution in [0.25, 0.3) is 0 Å². The number of amides is 2. The summed E-state index contributed by atoms with van der Waals surface area (Å²) < 4.78 is 4.93. The number of carbonyl (C=O) groups excluding carboxylic acids is 2. The van der Waals surface area contributed by atoms with Crippen molar-refractivity contribution < 1.29 is 14.3 Å². The number of benzene rings is 1. The average molecular weight is 396 g/mol. The predicted octanol–water partition coefficient (Wildman–Crippen LogP) is 2.04. The van der Waals surface area contributed by atoms with Crippen LogP contribution >= 0.6 is 0 Å². The van der Waals surface area contributed by atoms with Gasteiger partial charge in [-0.15, -0.1) is 0 Å². The zero-order valence-corrected chi connectivity index (χ0v) is 17.3. The predicted molar refractivity (Wildman–Crippen MR) is 112 cm³/mol. The second kappa shape index (κ2) is 9.52. The molecule has 2 heterocycles. The number of hydrogen-bond donors (Lipinski definition) is 1. The topological polar surface area (TPSA) is 74.8 Å². The Morgan fingerprint density at radius 1 is 1.10 bits per heavy atom. The summed E-state index contributed by atoms with van der Waals surface area (Å²) in [6.45, 7) is 7.92. The van der Waals surface area contributed by atoms with E-state index in [0.717, 1.165) is 13.1 Å². The number of rotatable bonds is 6. The molecule has 1 N–H and O–H groups in total. The quantitative estimate of drug-likeness (QED) is 0.757. The summed E-state index contributed by atoms with van der Waals surface area (Å²) in [5, 5.41) is 2.74.